The second-order valence-corrected chi connectivity index (χ2v) is 5.71. The lowest BCUT2D eigenvalue weighted by molar-refractivity contribution is 0.481. The minimum atomic E-state index is 0. The Morgan fingerprint density at radius 1 is 1.24 bits per heavy atom. The van der Waals surface area contributed by atoms with Gasteiger partial charge in [-0.15, -0.1) is 12.4 Å². The van der Waals surface area contributed by atoms with Crippen LogP contribution in [0.3, 0.4) is 0 Å². The smallest absolute Gasteiger partial charge is 0.0825 e. The first kappa shape index (κ1) is 17.6. The number of hydrogen-bond donors (Lipinski definition) is 1. The van der Waals surface area contributed by atoms with E-state index in [-0.39, 0.29) is 12.4 Å². The molecule has 0 atom stereocenters. The van der Waals surface area contributed by atoms with Gasteiger partial charge in [0, 0.05) is 37.6 Å². The van der Waals surface area contributed by atoms with E-state index in [9.17, 15) is 0 Å². The summed E-state index contributed by atoms with van der Waals surface area (Å²) in [7, 11) is 0. The van der Waals surface area contributed by atoms with E-state index in [1.54, 1.807) is 0 Å². The molecule has 2 heterocycles. The van der Waals surface area contributed by atoms with Crippen molar-refractivity contribution < 1.29 is 0 Å². The number of nitrogens with one attached hydrogen (secondary N) is 1. The number of rotatable bonds is 7. The number of nitrogens with zero attached hydrogens (tertiary/aromatic N) is 4. The van der Waals surface area contributed by atoms with Gasteiger partial charge in [-0.3, -0.25) is 9.36 Å². The number of halogens is 1. The molecule has 0 fully saturated rings. The van der Waals surface area contributed by atoms with Gasteiger partial charge < -0.3 is 5.32 Å². The average Bonchev–Trinajstić information content (AvgIpc) is 2.94. The zero-order chi connectivity index (χ0) is 14.5. The van der Waals surface area contributed by atoms with Crippen molar-refractivity contribution in [1.29, 1.82) is 0 Å². The normalized spacial score (nSPS) is 10.7. The van der Waals surface area contributed by atoms with Crippen molar-refractivity contribution >= 4 is 18.1 Å². The summed E-state index contributed by atoms with van der Waals surface area (Å²) >= 11 is 0. The molecule has 0 bridgehead atoms. The largest absolute Gasteiger partial charge is 0.378 e. The minimum absolute atomic E-state index is 0. The summed E-state index contributed by atoms with van der Waals surface area (Å²) in [6.45, 7) is 11.3. The maximum Gasteiger partial charge on any atom is 0.0825 e. The maximum atomic E-state index is 4.53. The molecule has 118 valence electrons. The Morgan fingerprint density at radius 3 is 2.67 bits per heavy atom. The van der Waals surface area contributed by atoms with Crippen molar-refractivity contribution in [2.45, 2.75) is 53.8 Å². The molecule has 5 nitrogen and oxygen atoms in total. The van der Waals surface area contributed by atoms with Crippen LogP contribution in [0.5, 0.6) is 0 Å². The van der Waals surface area contributed by atoms with Gasteiger partial charge in [-0.1, -0.05) is 20.8 Å². The van der Waals surface area contributed by atoms with Gasteiger partial charge in [-0.25, -0.2) is 0 Å². The van der Waals surface area contributed by atoms with Crippen molar-refractivity contribution in [3.63, 3.8) is 0 Å². The van der Waals surface area contributed by atoms with Crippen LogP contribution >= 0.6 is 12.4 Å². The predicted molar refractivity (Wildman–Crippen MR) is 88.9 cm³/mol. The van der Waals surface area contributed by atoms with Gasteiger partial charge in [0.2, 0.25) is 0 Å². The van der Waals surface area contributed by atoms with Crippen LogP contribution in [-0.2, 0) is 19.6 Å². The van der Waals surface area contributed by atoms with E-state index < -0.39 is 0 Å². The Balaban J connectivity index is 0.00000220. The van der Waals surface area contributed by atoms with Crippen molar-refractivity contribution in [1.82, 2.24) is 19.6 Å². The summed E-state index contributed by atoms with van der Waals surface area (Å²) in [6, 6.07) is 0. The topological polar surface area (TPSA) is 47.7 Å². The molecule has 2 aromatic rings. The number of hydrogen-bond acceptors (Lipinski definition) is 3. The van der Waals surface area contributed by atoms with Crippen LogP contribution in [0.1, 0.15) is 38.4 Å². The predicted octanol–water partition coefficient (Wildman–Crippen LogP) is 3.49. The zero-order valence-corrected chi connectivity index (χ0v) is 14.2. The van der Waals surface area contributed by atoms with Crippen molar-refractivity contribution in [3.8, 4) is 0 Å². The van der Waals surface area contributed by atoms with Gasteiger partial charge in [0.15, 0.2) is 0 Å². The molecule has 2 aromatic heterocycles. The van der Waals surface area contributed by atoms with E-state index in [1.165, 1.54) is 5.56 Å². The van der Waals surface area contributed by atoms with Gasteiger partial charge in [0.1, 0.15) is 0 Å². The molecule has 0 saturated heterocycles. The highest BCUT2D eigenvalue weighted by Crippen LogP contribution is 2.15. The maximum absolute atomic E-state index is 4.53. The summed E-state index contributed by atoms with van der Waals surface area (Å²) in [5.74, 6) is 0.606. The van der Waals surface area contributed by atoms with E-state index in [4.69, 9.17) is 0 Å². The Labute approximate surface area is 133 Å². The fraction of sp³-hybridized carbons (Fsp3) is 0.600. The molecule has 0 aliphatic rings. The quantitative estimate of drug-likeness (QED) is 0.851. The molecular weight excluding hydrogens is 286 g/mol. The molecule has 2 rings (SSSR count). The van der Waals surface area contributed by atoms with Crippen LogP contribution in [0.4, 0.5) is 5.69 Å². The highest BCUT2D eigenvalue weighted by Gasteiger charge is 2.06. The lowest BCUT2D eigenvalue weighted by atomic mass is 10.2. The minimum Gasteiger partial charge on any atom is -0.378 e. The second-order valence-electron chi connectivity index (χ2n) is 5.71. The van der Waals surface area contributed by atoms with Crippen molar-refractivity contribution in [3.05, 3.63) is 29.8 Å². The van der Waals surface area contributed by atoms with Crippen LogP contribution < -0.4 is 5.32 Å². The fourth-order valence-corrected chi connectivity index (χ4v) is 2.21. The molecule has 0 unspecified atom stereocenters. The third-order valence-corrected chi connectivity index (χ3v) is 3.12. The summed E-state index contributed by atoms with van der Waals surface area (Å²) in [6.07, 6.45) is 7.22. The molecule has 0 aliphatic carbocycles. The van der Waals surface area contributed by atoms with Gasteiger partial charge in [0.25, 0.3) is 0 Å². The molecule has 1 N–H and O–H groups in total. The van der Waals surface area contributed by atoms with E-state index in [2.05, 4.69) is 48.7 Å². The lowest BCUT2D eigenvalue weighted by Gasteiger charge is -2.04. The van der Waals surface area contributed by atoms with Crippen LogP contribution in [0.25, 0.3) is 0 Å². The molecule has 0 spiro atoms. The molecule has 0 aromatic carbocycles. The Bertz CT molecular complexity index is 544. The summed E-state index contributed by atoms with van der Waals surface area (Å²) < 4.78 is 4.01. The molecule has 0 amide bonds. The first-order valence-corrected chi connectivity index (χ1v) is 7.37. The second kappa shape index (κ2) is 8.08. The number of aryl methyl sites for hydroxylation is 2. The number of aromatic nitrogens is 4. The monoisotopic (exact) mass is 311 g/mol. The molecule has 6 heteroatoms. The van der Waals surface area contributed by atoms with Gasteiger partial charge >= 0.3 is 0 Å². The van der Waals surface area contributed by atoms with Gasteiger partial charge in [0.05, 0.1) is 17.6 Å². The first-order chi connectivity index (χ1) is 9.58. The SMILES string of the molecule is CCCn1cc(CNc2cn(CC(C)C)nc2C)cn1.Cl. The highest BCUT2D eigenvalue weighted by atomic mass is 35.5. The number of anilines is 1. The van der Waals surface area contributed by atoms with Crippen LogP contribution in [-0.4, -0.2) is 19.6 Å². The summed E-state index contributed by atoms with van der Waals surface area (Å²) in [5.41, 5.74) is 3.36. The van der Waals surface area contributed by atoms with Gasteiger partial charge in [-0.05, 0) is 19.3 Å². The molecular formula is C15H26ClN5. The Kier molecular flexibility index (Phi) is 6.75. The summed E-state index contributed by atoms with van der Waals surface area (Å²) in [4.78, 5) is 0. The molecule has 0 saturated carbocycles. The molecule has 0 aliphatic heterocycles. The van der Waals surface area contributed by atoms with E-state index >= 15 is 0 Å². The van der Waals surface area contributed by atoms with Crippen LogP contribution in [0.15, 0.2) is 18.6 Å². The van der Waals surface area contributed by atoms with Crippen LogP contribution in [0, 0.1) is 12.8 Å². The first-order valence-electron chi connectivity index (χ1n) is 7.37. The van der Waals surface area contributed by atoms with Crippen molar-refractivity contribution in [2.75, 3.05) is 5.32 Å². The van der Waals surface area contributed by atoms with Gasteiger partial charge in [-0.2, -0.15) is 10.2 Å². The zero-order valence-electron chi connectivity index (χ0n) is 13.3. The van der Waals surface area contributed by atoms with E-state index in [0.29, 0.717) is 5.92 Å². The Hall–Kier alpha value is -1.49. The highest BCUT2D eigenvalue weighted by molar-refractivity contribution is 5.85. The van der Waals surface area contributed by atoms with E-state index in [1.807, 2.05) is 22.5 Å². The Morgan fingerprint density at radius 2 is 2.00 bits per heavy atom. The van der Waals surface area contributed by atoms with E-state index in [0.717, 1.165) is 37.4 Å². The summed E-state index contributed by atoms with van der Waals surface area (Å²) in [5, 5.41) is 12.3. The fourth-order valence-electron chi connectivity index (χ4n) is 2.21. The standard InChI is InChI=1S/C15H25N5.ClH/c1-5-6-19-10-14(8-17-19)7-16-15-11-20(9-12(2)3)18-13(15)4;/h8,10-12,16H,5-7,9H2,1-4H3;1H. The van der Waals surface area contributed by atoms with Crippen LogP contribution in [0.2, 0.25) is 0 Å². The molecule has 21 heavy (non-hydrogen) atoms. The average molecular weight is 312 g/mol. The third kappa shape index (κ3) is 5.08. The molecule has 0 radical (unpaired) electrons. The lowest BCUT2D eigenvalue weighted by Crippen LogP contribution is -2.04. The third-order valence-electron chi connectivity index (χ3n) is 3.12. The van der Waals surface area contributed by atoms with Crippen molar-refractivity contribution in [2.24, 2.45) is 5.92 Å².